The number of alkyl halides is 3. The average Bonchev–Trinajstić information content (AvgIpc) is 2.46. The van der Waals surface area contributed by atoms with Gasteiger partial charge < -0.3 is 20.1 Å². The Morgan fingerprint density at radius 1 is 1.04 bits per heavy atom. The van der Waals surface area contributed by atoms with Crippen molar-refractivity contribution in [1.82, 2.24) is 0 Å². The summed E-state index contributed by atoms with van der Waals surface area (Å²) in [5, 5.41) is 29.0. The van der Waals surface area contributed by atoms with Gasteiger partial charge in [0.25, 0.3) is 0 Å². The molecule has 3 N–H and O–H groups in total. The van der Waals surface area contributed by atoms with Gasteiger partial charge in [-0.3, -0.25) is 0 Å². The maximum atomic E-state index is 12.9. The molecule has 2 atom stereocenters. The van der Waals surface area contributed by atoms with Gasteiger partial charge >= 0.3 is 6.18 Å². The Labute approximate surface area is 129 Å². The molecular weight excluding hydrogens is 313 g/mol. The minimum absolute atomic E-state index is 0.0411. The molecule has 23 heavy (non-hydrogen) atoms. The number of fused-ring (bicyclic) bond motifs is 1. The quantitative estimate of drug-likeness (QED) is 0.753. The van der Waals surface area contributed by atoms with Crippen LogP contribution in [0.3, 0.4) is 0 Å². The van der Waals surface area contributed by atoms with Gasteiger partial charge in [0.15, 0.2) is 0 Å². The minimum atomic E-state index is -4.71. The molecule has 122 valence electrons. The van der Waals surface area contributed by atoms with E-state index in [4.69, 9.17) is 4.74 Å². The highest BCUT2D eigenvalue weighted by Crippen LogP contribution is 2.41. The third-order valence-corrected chi connectivity index (χ3v) is 3.74. The summed E-state index contributed by atoms with van der Waals surface area (Å²) in [6.45, 7) is 0. The van der Waals surface area contributed by atoms with E-state index in [1.54, 1.807) is 6.07 Å². The first kappa shape index (κ1) is 15.5. The summed E-state index contributed by atoms with van der Waals surface area (Å²) in [4.78, 5) is 0. The number of hydrogen-bond donors (Lipinski definition) is 3. The van der Waals surface area contributed by atoms with Gasteiger partial charge in [0.05, 0.1) is 11.7 Å². The number of aromatic hydroxyl groups is 2. The standard InChI is InChI=1S/C16H13F3O4/c17-16(18,19)11-5-9(2-4-12(11)21)15-13(22)6-8-1-3-10(20)7-14(8)23-15/h1-5,7,13,15,20-22H,6H2/t13-,15-/m0/s1. The molecule has 0 bridgehead atoms. The Bertz CT molecular complexity index is 743. The number of benzene rings is 2. The predicted octanol–water partition coefficient (Wildman–Crippen LogP) is 3.15. The molecule has 0 aliphatic carbocycles. The van der Waals surface area contributed by atoms with Crippen LogP contribution in [-0.2, 0) is 12.6 Å². The zero-order valence-corrected chi connectivity index (χ0v) is 11.7. The number of aliphatic hydroxyl groups excluding tert-OH is 1. The topological polar surface area (TPSA) is 69.9 Å². The summed E-state index contributed by atoms with van der Waals surface area (Å²) in [7, 11) is 0. The summed E-state index contributed by atoms with van der Waals surface area (Å²) in [6, 6.07) is 7.33. The third-order valence-electron chi connectivity index (χ3n) is 3.74. The van der Waals surface area contributed by atoms with Crippen LogP contribution in [0, 0.1) is 0 Å². The van der Waals surface area contributed by atoms with Crippen molar-refractivity contribution >= 4 is 0 Å². The molecule has 1 aliphatic heterocycles. The van der Waals surface area contributed by atoms with Crippen LogP contribution in [0.5, 0.6) is 17.2 Å². The van der Waals surface area contributed by atoms with Crippen molar-refractivity contribution in [2.45, 2.75) is 24.8 Å². The minimum Gasteiger partial charge on any atom is -0.508 e. The molecule has 0 fully saturated rings. The lowest BCUT2D eigenvalue weighted by atomic mass is 9.93. The van der Waals surface area contributed by atoms with Gasteiger partial charge in [0.2, 0.25) is 0 Å². The molecule has 3 rings (SSSR count). The first-order valence-electron chi connectivity index (χ1n) is 6.82. The van der Waals surface area contributed by atoms with E-state index in [0.717, 1.165) is 12.1 Å². The molecule has 7 heteroatoms. The van der Waals surface area contributed by atoms with Gasteiger partial charge in [0.1, 0.15) is 23.4 Å². The Hall–Kier alpha value is -2.41. The summed E-state index contributed by atoms with van der Waals surface area (Å²) in [5.41, 5.74) is -0.439. The van der Waals surface area contributed by atoms with E-state index in [1.807, 2.05) is 0 Å². The summed E-state index contributed by atoms with van der Waals surface area (Å²) >= 11 is 0. The zero-order chi connectivity index (χ0) is 16.8. The lowest BCUT2D eigenvalue weighted by Crippen LogP contribution is -2.30. The molecule has 4 nitrogen and oxygen atoms in total. The van der Waals surface area contributed by atoms with Crippen LogP contribution in [0.15, 0.2) is 36.4 Å². The van der Waals surface area contributed by atoms with E-state index in [2.05, 4.69) is 0 Å². The fourth-order valence-corrected chi connectivity index (χ4v) is 2.62. The second kappa shape index (κ2) is 5.34. The van der Waals surface area contributed by atoms with E-state index in [1.165, 1.54) is 18.2 Å². The van der Waals surface area contributed by atoms with Crippen LogP contribution in [0.1, 0.15) is 22.8 Å². The maximum absolute atomic E-state index is 12.9. The number of halogens is 3. The largest absolute Gasteiger partial charge is 0.508 e. The van der Waals surface area contributed by atoms with Crippen molar-refractivity contribution in [2.24, 2.45) is 0 Å². The predicted molar refractivity (Wildman–Crippen MR) is 74.3 cm³/mol. The fourth-order valence-electron chi connectivity index (χ4n) is 2.62. The van der Waals surface area contributed by atoms with Crippen molar-refractivity contribution in [3.05, 3.63) is 53.1 Å². The van der Waals surface area contributed by atoms with Gasteiger partial charge in [-0.1, -0.05) is 12.1 Å². The molecule has 1 heterocycles. The monoisotopic (exact) mass is 326 g/mol. The molecule has 0 spiro atoms. The lowest BCUT2D eigenvalue weighted by Gasteiger charge is -2.31. The third kappa shape index (κ3) is 2.92. The number of phenols is 2. The van der Waals surface area contributed by atoms with Crippen molar-refractivity contribution in [1.29, 1.82) is 0 Å². The van der Waals surface area contributed by atoms with E-state index in [0.29, 0.717) is 11.3 Å². The van der Waals surface area contributed by atoms with Gasteiger partial charge in [0, 0.05) is 12.5 Å². The Balaban J connectivity index is 1.99. The summed E-state index contributed by atoms with van der Waals surface area (Å²) < 4.78 is 44.2. The molecule has 0 unspecified atom stereocenters. The first-order valence-corrected chi connectivity index (χ1v) is 6.82. The highest BCUT2D eigenvalue weighted by molar-refractivity contribution is 5.44. The van der Waals surface area contributed by atoms with Crippen LogP contribution in [0.2, 0.25) is 0 Å². The number of hydrogen-bond acceptors (Lipinski definition) is 4. The molecule has 2 aromatic carbocycles. The lowest BCUT2D eigenvalue weighted by molar-refractivity contribution is -0.138. The number of rotatable bonds is 1. The summed E-state index contributed by atoms with van der Waals surface area (Å²) in [5.74, 6) is -0.618. The van der Waals surface area contributed by atoms with Gasteiger partial charge in [-0.15, -0.1) is 0 Å². The highest BCUT2D eigenvalue weighted by Gasteiger charge is 2.36. The van der Waals surface area contributed by atoms with Gasteiger partial charge in [-0.25, -0.2) is 0 Å². The second-order valence-electron chi connectivity index (χ2n) is 5.38. The maximum Gasteiger partial charge on any atom is 0.419 e. The van der Waals surface area contributed by atoms with Crippen LogP contribution in [0.4, 0.5) is 13.2 Å². The van der Waals surface area contributed by atoms with Crippen LogP contribution < -0.4 is 4.74 Å². The zero-order valence-electron chi connectivity index (χ0n) is 11.7. The molecule has 0 saturated heterocycles. The van der Waals surface area contributed by atoms with Crippen molar-refractivity contribution in [3.63, 3.8) is 0 Å². The van der Waals surface area contributed by atoms with Crippen molar-refractivity contribution in [3.8, 4) is 17.2 Å². The number of ether oxygens (including phenoxy) is 1. The summed E-state index contributed by atoms with van der Waals surface area (Å²) in [6.07, 6.45) is -6.60. The number of phenolic OH excluding ortho intramolecular Hbond substituents is 2. The van der Waals surface area contributed by atoms with Gasteiger partial charge in [-0.05, 0) is 29.3 Å². The fraction of sp³-hybridized carbons (Fsp3) is 0.250. The Morgan fingerprint density at radius 2 is 1.78 bits per heavy atom. The molecule has 0 saturated carbocycles. The van der Waals surface area contributed by atoms with E-state index in [-0.39, 0.29) is 17.7 Å². The SMILES string of the molecule is Oc1ccc2c(c1)O[C@@H](c1ccc(O)c(C(F)(F)F)c1)[C@@H](O)C2. The Morgan fingerprint density at radius 3 is 2.48 bits per heavy atom. The second-order valence-corrected chi connectivity index (χ2v) is 5.38. The first-order chi connectivity index (χ1) is 10.8. The average molecular weight is 326 g/mol. The van der Waals surface area contributed by atoms with E-state index >= 15 is 0 Å². The highest BCUT2D eigenvalue weighted by atomic mass is 19.4. The van der Waals surface area contributed by atoms with E-state index in [9.17, 15) is 28.5 Å². The number of aliphatic hydroxyl groups is 1. The Kier molecular flexibility index (Phi) is 3.60. The van der Waals surface area contributed by atoms with Crippen molar-refractivity contribution in [2.75, 3.05) is 0 Å². The van der Waals surface area contributed by atoms with E-state index < -0.39 is 29.7 Å². The van der Waals surface area contributed by atoms with Gasteiger partial charge in [-0.2, -0.15) is 13.2 Å². The van der Waals surface area contributed by atoms with Crippen LogP contribution >= 0.6 is 0 Å². The molecule has 1 aliphatic rings. The molecule has 2 aromatic rings. The molecule has 0 radical (unpaired) electrons. The van der Waals surface area contributed by atoms with Crippen LogP contribution in [0.25, 0.3) is 0 Å². The smallest absolute Gasteiger partial charge is 0.419 e. The molecule has 0 aromatic heterocycles. The molecular formula is C16H13F3O4. The molecule has 0 amide bonds. The normalized spacial score (nSPS) is 20.7. The van der Waals surface area contributed by atoms with Crippen molar-refractivity contribution < 1.29 is 33.2 Å². The van der Waals surface area contributed by atoms with Crippen LogP contribution in [-0.4, -0.2) is 21.4 Å².